The van der Waals surface area contributed by atoms with Crippen LogP contribution in [0.2, 0.25) is 0 Å². The van der Waals surface area contributed by atoms with Crippen molar-refractivity contribution in [3.8, 4) is 0 Å². The van der Waals surface area contributed by atoms with E-state index in [0.717, 1.165) is 0 Å². The van der Waals surface area contributed by atoms with Crippen molar-refractivity contribution in [2.24, 2.45) is 0 Å². The van der Waals surface area contributed by atoms with E-state index in [1.807, 2.05) is 0 Å². The van der Waals surface area contributed by atoms with Gasteiger partial charge in [0, 0.05) is 0 Å². The first-order valence-electron chi connectivity index (χ1n) is 0. The molecule has 0 atom stereocenters. The Balaban J connectivity index is 0. The van der Waals surface area contributed by atoms with Crippen molar-refractivity contribution in [2.45, 2.75) is 0 Å². The summed E-state index contributed by atoms with van der Waals surface area (Å²) in [5, 5.41) is 0. The van der Waals surface area contributed by atoms with E-state index >= 15 is 0 Å². The molecule has 2 N–H and O–H groups in total. The van der Waals surface area contributed by atoms with Crippen LogP contribution in [-0.2, 0) is 28.0 Å². The van der Waals surface area contributed by atoms with Gasteiger partial charge < -0.3 is 16.4 Å². The maximum absolute atomic E-state index is 0. The van der Waals surface area contributed by atoms with Gasteiger partial charge >= 0.3 is 40.1 Å². The predicted molar refractivity (Wildman–Crippen MR) is 10.7 cm³/mol. The summed E-state index contributed by atoms with van der Waals surface area (Å²) >= 11 is 0. The molecule has 3 nitrogen and oxygen atoms in total. The Morgan fingerprint density at radius 3 is 0.800 bits per heavy atom. The Kier molecular flexibility index (Phi) is 1600. The van der Waals surface area contributed by atoms with Crippen LogP contribution < -0.4 is 0 Å². The second-order valence-electron chi connectivity index (χ2n) is 0. The zero-order valence-corrected chi connectivity index (χ0v) is 4.90. The molecule has 0 aliphatic rings. The van der Waals surface area contributed by atoms with Crippen LogP contribution in [0.25, 0.3) is 0 Å². The topological polar surface area (TPSA) is 88.5 Å². The van der Waals surface area contributed by atoms with Gasteiger partial charge in [0.2, 0.25) is 0 Å². The molecule has 0 heterocycles. The van der Waals surface area contributed by atoms with Crippen LogP contribution in [0.15, 0.2) is 0 Å². The van der Waals surface area contributed by atoms with Crippen LogP contribution in [0.3, 0.4) is 0 Å². The first-order valence-corrected chi connectivity index (χ1v) is 0. The minimum Gasteiger partial charge on any atom is -2.00 e. The van der Waals surface area contributed by atoms with E-state index in [4.69, 9.17) is 0 Å². The third-order valence-corrected chi connectivity index (χ3v) is 0. The van der Waals surface area contributed by atoms with Crippen molar-refractivity contribution >= 4 is 23.1 Å². The van der Waals surface area contributed by atoms with Gasteiger partial charge in [-0.2, -0.15) is 0 Å². The molecule has 0 radical (unpaired) electrons. The fourth-order valence-electron chi connectivity index (χ4n) is 0. The fraction of sp³-hybridized carbons (Fsp3) is 0. The zero-order valence-electron chi connectivity index (χ0n) is 2.38. The van der Waals surface area contributed by atoms with E-state index in [1.165, 1.54) is 0 Å². The van der Waals surface area contributed by atoms with Crippen LogP contribution in [0.5, 0.6) is 0 Å². The quantitative estimate of drug-likeness (QED) is 0.359. The third-order valence-electron chi connectivity index (χ3n) is 0. The molecular formula is H2FeMgO3. The molecule has 0 aromatic rings. The van der Waals surface area contributed by atoms with E-state index < -0.39 is 0 Å². The van der Waals surface area contributed by atoms with Crippen molar-refractivity contribution in [3.63, 3.8) is 0 Å². The van der Waals surface area contributed by atoms with Gasteiger partial charge in [0.25, 0.3) is 0 Å². The van der Waals surface area contributed by atoms with Gasteiger partial charge in [-0.1, -0.05) is 0 Å². The maximum Gasteiger partial charge on any atom is 2.00 e. The number of hydrogen-bond donors (Lipinski definition) is 0. The molecule has 0 aromatic carbocycles. The van der Waals surface area contributed by atoms with Gasteiger partial charge in [0.15, 0.2) is 0 Å². The summed E-state index contributed by atoms with van der Waals surface area (Å²) in [4.78, 5) is 0. The molecular weight excluding hydrogens is 128 g/mol. The van der Waals surface area contributed by atoms with E-state index in [9.17, 15) is 0 Å². The molecule has 0 fully saturated rings. The molecule has 0 saturated heterocycles. The molecule has 0 aromatic heterocycles. The van der Waals surface area contributed by atoms with Crippen molar-refractivity contribution in [1.29, 1.82) is 0 Å². The third kappa shape index (κ3) is 38.1. The molecule has 0 saturated carbocycles. The summed E-state index contributed by atoms with van der Waals surface area (Å²) < 4.78 is 0. The van der Waals surface area contributed by atoms with Crippen molar-refractivity contribution in [3.05, 3.63) is 0 Å². The second-order valence-corrected chi connectivity index (χ2v) is 0. The summed E-state index contributed by atoms with van der Waals surface area (Å²) in [6.45, 7) is 0. The Labute approximate surface area is 56.7 Å². The Hall–Kier alpha value is 1.17. The van der Waals surface area contributed by atoms with Crippen LogP contribution in [0.4, 0.5) is 0 Å². The summed E-state index contributed by atoms with van der Waals surface area (Å²) in [6, 6.07) is 0. The predicted octanol–water partition coefficient (Wildman–Crippen LogP) is -1.45. The molecule has 0 unspecified atom stereocenters. The van der Waals surface area contributed by atoms with Gasteiger partial charge in [-0.15, -0.1) is 0 Å². The normalized spacial score (nSPS) is 0. The summed E-state index contributed by atoms with van der Waals surface area (Å²) in [5.74, 6) is 0. The van der Waals surface area contributed by atoms with Gasteiger partial charge in [-0.05, 0) is 0 Å². The molecule has 0 spiro atoms. The Morgan fingerprint density at radius 1 is 0.800 bits per heavy atom. The molecule has 0 aliphatic heterocycles. The summed E-state index contributed by atoms with van der Waals surface area (Å²) in [7, 11) is 0. The fourth-order valence-corrected chi connectivity index (χ4v) is 0. The molecule has 0 aliphatic carbocycles. The molecule has 0 rings (SSSR count). The average Bonchev–Trinajstić information content (AvgIpc) is 0. The number of hydrogen-bond acceptors (Lipinski definition) is 0. The van der Waals surface area contributed by atoms with Crippen LogP contribution in [0, 0.1) is 0 Å². The van der Waals surface area contributed by atoms with E-state index in [1.54, 1.807) is 0 Å². The van der Waals surface area contributed by atoms with Crippen LogP contribution in [0.1, 0.15) is 0 Å². The molecule has 30 valence electrons. The van der Waals surface area contributed by atoms with E-state index in [2.05, 4.69) is 0 Å². The maximum atomic E-state index is 0. The summed E-state index contributed by atoms with van der Waals surface area (Å²) in [5.41, 5.74) is 0. The number of rotatable bonds is 0. The average molecular weight is 130 g/mol. The largest absolute Gasteiger partial charge is 2.00 e. The molecule has 0 bridgehead atoms. The van der Waals surface area contributed by atoms with Gasteiger partial charge in [-0.3, -0.25) is 0 Å². The monoisotopic (exact) mass is 130 g/mol. The second kappa shape index (κ2) is 66.0. The minimum atomic E-state index is 0. The zero-order chi connectivity index (χ0) is 0. The first-order chi connectivity index (χ1) is 0. The Morgan fingerprint density at radius 2 is 0.800 bits per heavy atom. The Bertz CT molecular complexity index is 6.85. The SMILES string of the molecule is O.[Fe+2].[Mg+2].[O-2].[O-2]. The van der Waals surface area contributed by atoms with Gasteiger partial charge in [0.05, 0.1) is 0 Å². The van der Waals surface area contributed by atoms with Crippen LogP contribution in [-0.4, -0.2) is 28.5 Å². The summed E-state index contributed by atoms with van der Waals surface area (Å²) in [6.07, 6.45) is 0. The van der Waals surface area contributed by atoms with Crippen molar-refractivity contribution in [1.82, 2.24) is 0 Å². The van der Waals surface area contributed by atoms with E-state index in [-0.39, 0.29) is 56.6 Å². The van der Waals surface area contributed by atoms with Crippen molar-refractivity contribution < 1.29 is 33.5 Å². The van der Waals surface area contributed by atoms with Gasteiger partial charge in [0.1, 0.15) is 0 Å². The van der Waals surface area contributed by atoms with Crippen molar-refractivity contribution in [2.75, 3.05) is 0 Å². The van der Waals surface area contributed by atoms with Crippen LogP contribution >= 0.6 is 0 Å². The molecule has 5 heavy (non-hydrogen) atoms. The smallest absolute Gasteiger partial charge is 2.00 e. The van der Waals surface area contributed by atoms with Gasteiger partial charge in [-0.25, -0.2) is 0 Å². The van der Waals surface area contributed by atoms with E-state index in [0.29, 0.717) is 0 Å². The minimum absolute atomic E-state index is 0. The molecule has 0 amide bonds. The molecule has 5 heteroatoms. The first kappa shape index (κ1) is 121. The standard InChI is InChI=1S/Fe.Mg.H2O.2O/h;;1H2;;/q2*+2;;2*-2.